The zero-order valence-electron chi connectivity index (χ0n) is 19.1. The van der Waals surface area contributed by atoms with E-state index in [2.05, 4.69) is 56.6 Å². The van der Waals surface area contributed by atoms with Crippen LogP contribution in [0.2, 0.25) is 0 Å². The predicted molar refractivity (Wildman–Crippen MR) is 123 cm³/mol. The minimum Gasteiger partial charge on any atom is -0.312 e. The third-order valence-electron chi connectivity index (χ3n) is 7.30. The molecule has 3 aliphatic heterocycles. The second-order valence-corrected chi connectivity index (χ2v) is 10.5. The number of fused-ring (bicyclic) bond motifs is 4. The van der Waals surface area contributed by atoms with Gasteiger partial charge in [-0.2, -0.15) is 5.10 Å². The molecule has 2 saturated heterocycles. The van der Waals surface area contributed by atoms with Crippen molar-refractivity contribution in [1.82, 2.24) is 24.6 Å². The molecule has 0 spiro atoms. The standard InChI is InChI=1S/C25H37N5O/c1-18(2)10-22-12-23(27-26-22)17-29-13-19-11-21(16-29)24-7-6-20(25(31)30(24)14-19)15-28-8-4-3-5-9-28/h6-7,12,18-19,21H,3-5,8-11,13-17H2,1-2H3,(H,26,27)/t19-,21+/m0/s1. The molecule has 6 nitrogen and oxygen atoms in total. The van der Waals surface area contributed by atoms with Gasteiger partial charge in [0.1, 0.15) is 0 Å². The summed E-state index contributed by atoms with van der Waals surface area (Å²) in [6.07, 6.45) is 6.10. The predicted octanol–water partition coefficient (Wildman–Crippen LogP) is 3.38. The first-order valence-electron chi connectivity index (χ1n) is 12.3. The van der Waals surface area contributed by atoms with Gasteiger partial charge in [0.2, 0.25) is 0 Å². The minimum atomic E-state index is 0.262. The monoisotopic (exact) mass is 423 g/mol. The van der Waals surface area contributed by atoms with Gasteiger partial charge in [0.05, 0.1) is 5.69 Å². The Bertz CT molecular complexity index is 955. The van der Waals surface area contributed by atoms with Crippen LogP contribution in [0, 0.1) is 11.8 Å². The van der Waals surface area contributed by atoms with Crippen molar-refractivity contribution in [2.75, 3.05) is 26.2 Å². The Morgan fingerprint density at radius 2 is 1.90 bits per heavy atom. The highest BCUT2D eigenvalue weighted by Crippen LogP contribution is 2.35. The molecule has 1 N–H and O–H groups in total. The van der Waals surface area contributed by atoms with Crippen LogP contribution in [0.4, 0.5) is 0 Å². The summed E-state index contributed by atoms with van der Waals surface area (Å²) in [5.74, 6) is 1.65. The largest absolute Gasteiger partial charge is 0.312 e. The van der Waals surface area contributed by atoms with E-state index >= 15 is 0 Å². The Balaban J connectivity index is 1.28. The van der Waals surface area contributed by atoms with E-state index in [9.17, 15) is 4.79 Å². The summed E-state index contributed by atoms with van der Waals surface area (Å²) in [6, 6.07) is 6.60. The van der Waals surface area contributed by atoms with E-state index in [1.165, 1.54) is 42.8 Å². The molecule has 3 aliphatic rings. The fourth-order valence-electron chi connectivity index (χ4n) is 5.95. The van der Waals surface area contributed by atoms with E-state index in [1.54, 1.807) is 0 Å². The van der Waals surface area contributed by atoms with E-state index in [1.807, 2.05) is 0 Å². The normalized spacial score (nSPS) is 24.5. The molecule has 2 aromatic rings. The quantitative estimate of drug-likeness (QED) is 0.774. The van der Waals surface area contributed by atoms with Crippen molar-refractivity contribution in [1.29, 1.82) is 0 Å². The summed E-state index contributed by atoms with van der Waals surface area (Å²) in [5.41, 5.74) is 4.87. The average Bonchev–Trinajstić information content (AvgIpc) is 3.17. The summed E-state index contributed by atoms with van der Waals surface area (Å²) in [5, 5.41) is 7.75. The molecule has 5 heterocycles. The first-order chi connectivity index (χ1) is 15.0. The Hall–Kier alpha value is -1.92. The van der Waals surface area contributed by atoms with Gasteiger partial charge in [-0.05, 0) is 62.7 Å². The number of nitrogens with one attached hydrogen (secondary N) is 1. The molecule has 6 heteroatoms. The van der Waals surface area contributed by atoms with Gasteiger partial charge in [-0.1, -0.05) is 26.3 Å². The molecule has 5 rings (SSSR count). The van der Waals surface area contributed by atoms with Gasteiger partial charge < -0.3 is 4.57 Å². The molecule has 168 valence electrons. The number of pyridine rings is 1. The Morgan fingerprint density at radius 1 is 1.06 bits per heavy atom. The van der Waals surface area contributed by atoms with E-state index in [0.717, 1.165) is 57.8 Å². The van der Waals surface area contributed by atoms with Crippen LogP contribution in [0.1, 0.15) is 68.1 Å². The number of likely N-dealkylation sites (tertiary alicyclic amines) is 2. The molecule has 0 saturated carbocycles. The molecule has 0 aliphatic carbocycles. The van der Waals surface area contributed by atoms with Crippen molar-refractivity contribution in [2.24, 2.45) is 11.8 Å². The first kappa shape index (κ1) is 21.0. The van der Waals surface area contributed by atoms with Crippen LogP contribution in [-0.4, -0.2) is 50.7 Å². The number of rotatable bonds is 6. The molecule has 2 fully saturated rings. The van der Waals surface area contributed by atoms with Crippen LogP contribution in [0.3, 0.4) is 0 Å². The lowest BCUT2D eigenvalue weighted by Gasteiger charge is -2.43. The van der Waals surface area contributed by atoms with Crippen LogP contribution < -0.4 is 5.56 Å². The third-order valence-corrected chi connectivity index (χ3v) is 7.30. The molecule has 2 atom stereocenters. The number of hydrogen-bond donors (Lipinski definition) is 1. The van der Waals surface area contributed by atoms with Crippen molar-refractivity contribution in [3.05, 3.63) is 51.2 Å². The van der Waals surface area contributed by atoms with Gasteiger partial charge in [-0.15, -0.1) is 0 Å². The molecule has 0 aromatic carbocycles. The Morgan fingerprint density at radius 3 is 2.71 bits per heavy atom. The zero-order valence-corrected chi connectivity index (χ0v) is 19.1. The second kappa shape index (κ2) is 8.91. The van der Waals surface area contributed by atoms with E-state index in [4.69, 9.17) is 0 Å². The molecular formula is C25H37N5O. The van der Waals surface area contributed by atoms with Crippen molar-refractivity contribution < 1.29 is 0 Å². The summed E-state index contributed by atoms with van der Waals surface area (Å²) < 4.78 is 2.12. The SMILES string of the molecule is CC(C)Cc1cc(CN2C[C@@H]3C[C@H](C2)c2ccc(CN4CCCCC4)c(=O)n2C3)[nH]n1. The van der Waals surface area contributed by atoms with Crippen LogP contribution in [0.25, 0.3) is 0 Å². The van der Waals surface area contributed by atoms with Crippen molar-refractivity contribution in [3.8, 4) is 0 Å². The van der Waals surface area contributed by atoms with Crippen molar-refractivity contribution in [3.63, 3.8) is 0 Å². The van der Waals surface area contributed by atoms with Gasteiger partial charge in [0.15, 0.2) is 0 Å². The smallest absolute Gasteiger partial charge is 0.255 e. The van der Waals surface area contributed by atoms with Crippen LogP contribution in [0.15, 0.2) is 23.0 Å². The first-order valence-corrected chi connectivity index (χ1v) is 12.3. The number of hydrogen-bond acceptors (Lipinski definition) is 4. The number of nitrogens with zero attached hydrogens (tertiary/aromatic N) is 4. The number of H-pyrrole nitrogens is 1. The second-order valence-electron chi connectivity index (χ2n) is 10.5. The zero-order chi connectivity index (χ0) is 21.4. The van der Waals surface area contributed by atoms with Crippen LogP contribution in [0.5, 0.6) is 0 Å². The van der Waals surface area contributed by atoms with E-state index < -0.39 is 0 Å². The van der Waals surface area contributed by atoms with Gasteiger partial charge >= 0.3 is 0 Å². The molecular weight excluding hydrogens is 386 g/mol. The maximum Gasteiger partial charge on any atom is 0.255 e. The maximum atomic E-state index is 13.3. The summed E-state index contributed by atoms with van der Waals surface area (Å²) in [4.78, 5) is 18.3. The Labute approximate surface area is 185 Å². The van der Waals surface area contributed by atoms with Gasteiger partial charge in [0, 0.05) is 55.6 Å². The summed E-state index contributed by atoms with van der Waals surface area (Å²) >= 11 is 0. The van der Waals surface area contributed by atoms with Gasteiger partial charge in [0.25, 0.3) is 5.56 Å². The number of aromatic amines is 1. The lowest BCUT2D eigenvalue weighted by atomic mass is 9.83. The van der Waals surface area contributed by atoms with Crippen molar-refractivity contribution >= 4 is 0 Å². The lowest BCUT2D eigenvalue weighted by Crippen LogP contribution is -2.47. The molecule has 2 aromatic heterocycles. The van der Waals surface area contributed by atoms with Crippen LogP contribution in [-0.2, 0) is 26.1 Å². The van der Waals surface area contributed by atoms with Gasteiger partial charge in [-0.25, -0.2) is 0 Å². The minimum absolute atomic E-state index is 0.262. The molecule has 0 unspecified atom stereocenters. The topological polar surface area (TPSA) is 57.2 Å². The fraction of sp³-hybridized carbons (Fsp3) is 0.680. The average molecular weight is 424 g/mol. The van der Waals surface area contributed by atoms with Crippen molar-refractivity contribution in [2.45, 2.75) is 71.5 Å². The highest BCUT2D eigenvalue weighted by molar-refractivity contribution is 5.22. The molecule has 31 heavy (non-hydrogen) atoms. The van der Waals surface area contributed by atoms with E-state index in [-0.39, 0.29) is 5.56 Å². The maximum absolute atomic E-state index is 13.3. The highest BCUT2D eigenvalue weighted by atomic mass is 16.1. The summed E-state index contributed by atoms with van der Waals surface area (Å²) in [6.45, 7) is 11.4. The number of aromatic nitrogens is 3. The van der Waals surface area contributed by atoms with Crippen LogP contribution >= 0.6 is 0 Å². The lowest BCUT2D eigenvalue weighted by molar-refractivity contribution is 0.113. The fourth-order valence-corrected chi connectivity index (χ4v) is 5.95. The molecule has 0 amide bonds. The third kappa shape index (κ3) is 4.65. The highest BCUT2D eigenvalue weighted by Gasteiger charge is 2.35. The van der Waals surface area contributed by atoms with E-state index in [0.29, 0.717) is 17.8 Å². The Kier molecular flexibility index (Phi) is 6.02. The molecule has 0 radical (unpaired) electrons. The number of piperidine rings is 2. The van der Waals surface area contributed by atoms with Gasteiger partial charge in [-0.3, -0.25) is 19.7 Å². The molecule has 2 bridgehead atoms. The summed E-state index contributed by atoms with van der Waals surface area (Å²) in [7, 11) is 0.